The van der Waals surface area contributed by atoms with Crippen LogP contribution in [-0.2, 0) is 9.53 Å². The summed E-state index contributed by atoms with van der Waals surface area (Å²) in [7, 11) is 0. The molecule has 1 unspecified atom stereocenters. The Bertz CT molecular complexity index is 351. The van der Waals surface area contributed by atoms with Gasteiger partial charge < -0.3 is 4.74 Å². The lowest BCUT2D eigenvalue weighted by atomic mass is 10.1. The van der Waals surface area contributed by atoms with Crippen LogP contribution in [0.15, 0.2) is 24.3 Å². The number of carbonyl (C=O) groups is 1. The molecule has 0 aliphatic carbocycles. The van der Waals surface area contributed by atoms with E-state index in [2.05, 4.69) is 0 Å². The van der Waals surface area contributed by atoms with Gasteiger partial charge in [-0.25, -0.2) is 4.39 Å². The molecular weight excluding hydrogens is 239 g/mol. The van der Waals surface area contributed by atoms with Gasteiger partial charge >= 0.3 is 0 Å². The first-order chi connectivity index (χ1) is 8.19. The van der Waals surface area contributed by atoms with E-state index in [1.54, 1.807) is 12.1 Å². The highest BCUT2D eigenvalue weighted by Gasteiger charge is 2.20. The second kappa shape index (κ2) is 7.45. The molecule has 1 atom stereocenters. The van der Waals surface area contributed by atoms with Crippen LogP contribution in [0.3, 0.4) is 0 Å². The maximum Gasteiger partial charge on any atom is 0.222 e. The number of hydrogen-bond acceptors (Lipinski definition) is 3. The normalized spacial score (nSPS) is 12.4. The lowest BCUT2D eigenvalue weighted by molar-refractivity contribution is -0.121. The van der Waals surface area contributed by atoms with E-state index in [1.807, 2.05) is 13.8 Å². The molecule has 4 heteroatoms. The van der Waals surface area contributed by atoms with Crippen molar-refractivity contribution in [3.63, 3.8) is 0 Å². The molecule has 0 bridgehead atoms. The lowest BCUT2D eigenvalue weighted by Crippen LogP contribution is -2.13. The predicted molar refractivity (Wildman–Crippen MR) is 68.5 cm³/mol. The monoisotopic (exact) mass is 256 g/mol. The number of carbonyl (C=O) groups excluding carboxylic acids is 1. The van der Waals surface area contributed by atoms with Crippen LogP contribution < -0.4 is 0 Å². The Kier molecular flexibility index (Phi) is 6.22. The fourth-order valence-corrected chi connectivity index (χ4v) is 2.14. The predicted octanol–water partition coefficient (Wildman–Crippen LogP) is 3.57. The van der Waals surface area contributed by atoms with Gasteiger partial charge in [-0.15, -0.1) is 0 Å². The van der Waals surface area contributed by atoms with E-state index in [0.29, 0.717) is 12.2 Å². The van der Waals surface area contributed by atoms with Crippen molar-refractivity contribution in [1.82, 2.24) is 0 Å². The average molecular weight is 256 g/mol. The molecule has 0 N–H and O–H groups in total. The molecule has 1 rings (SSSR count). The van der Waals surface area contributed by atoms with Crippen molar-refractivity contribution < 1.29 is 13.9 Å². The van der Waals surface area contributed by atoms with E-state index in [9.17, 15) is 9.18 Å². The van der Waals surface area contributed by atoms with Crippen molar-refractivity contribution in [3.8, 4) is 0 Å². The van der Waals surface area contributed by atoms with Gasteiger partial charge in [0.2, 0.25) is 5.12 Å². The largest absolute Gasteiger partial charge is 0.365 e. The van der Waals surface area contributed by atoms with Crippen molar-refractivity contribution in [2.75, 3.05) is 12.4 Å². The van der Waals surface area contributed by atoms with Gasteiger partial charge in [0.1, 0.15) is 5.82 Å². The lowest BCUT2D eigenvalue weighted by Gasteiger charge is -2.15. The summed E-state index contributed by atoms with van der Waals surface area (Å²) in [6, 6.07) is 5.89. The second-order valence-corrected chi connectivity index (χ2v) is 4.65. The van der Waals surface area contributed by atoms with E-state index in [4.69, 9.17) is 4.74 Å². The van der Waals surface area contributed by atoms with Crippen LogP contribution in [0.25, 0.3) is 0 Å². The van der Waals surface area contributed by atoms with Gasteiger partial charge in [0.15, 0.2) is 6.10 Å². The molecule has 2 nitrogen and oxygen atoms in total. The number of hydrogen-bond donors (Lipinski definition) is 0. The highest BCUT2D eigenvalue weighted by Crippen LogP contribution is 2.24. The third-order valence-corrected chi connectivity index (χ3v) is 3.28. The number of ether oxygens (including phenoxy) is 1. The summed E-state index contributed by atoms with van der Waals surface area (Å²) in [5.74, 6) is 0.474. The maximum atomic E-state index is 12.8. The van der Waals surface area contributed by atoms with Gasteiger partial charge in [-0.2, -0.15) is 0 Å². The molecule has 0 aromatic heterocycles. The number of halogens is 1. The first-order valence-corrected chi connectivity index (χ1v) is 6.71. The molecule has 0 aliphatic rings. The third-order valence-electron chi connectivity index (χ3n) is 2.17. The summed E-state index contributed by atoms with van der Waals surface area (Å²) in [4.78, 5) is 11.9. The maximum absolute atomic E-state index is 12.8. The van der Waals surface area contributed by atoms with Crippen LogP contribution in [0, 0.1) is 5.82 Å². The average Bonchev–Trinajstić information content (AvgIpc) is 2.34. The molecule has 0 heterocycles. The zero-order valence-electron chi connectivity index (χ0n) is 10.1. The Balaban J connectivity index is 2.77. The molecule has 0 fully saturated rings. The minimum Gasteiger partial charge on any atom is -0.365 e. The molecule has 1 aromatic rings. The second-order valence-electron chi connectivity index (χ2n) is 3.55. The standard InChI is InChI=1S/C13H17FO2S/c1-3-9-17-13(15)12(16-4-2)10-5-7-11(14)8-6-10/h5-8,12H,3-4,9H2,1-2H3. The Morgan fingerprint density at radius 3 is 2.53 bits per heavy atom. The van der Waals surface area contributed by atoms with Gasteiger partial charge in [0.05, 0.1) is 0 Å². The summed E-state index contributed by atoms with van der Waals surface area (Å²) in [6.45, 7) is 4.32. The minimum absolute atomic E-state index is 0.0136. The number of rotatable bonds is 6. The van der Waals surface area contributed by atoms with Gasteiger partial charge in [0.25, 0.3) is 0 Å². The fourth-order valence-electron chi connectivity index (χ4n) is 1.38. The van der Waals surface area contributed by atoms with Crippen LogP contribution in [0.1, 0.15) is 31.9 Å². The van der Waals surface area contributed by atoms with Crippen LogP contribution in [0.2, 0.25) is 0 Å². The van der Waals surface area contributed by atoms with Crippen LogP contribution >= 0.6 is 11.8 Å². The van der Waals surface area contributed by atoms with Crippen LogP contribution in [0.4, 0.5) is 4.39 Å². The SMILES string of the molecule is CCCSC(=O)C(OCC)c1ccc(F)cc1. The Hall–Kier alpha value is -0.870. The molecule has 1 aromatic carbocycles. The summed E-state index contributed by atoms with van der Waals surface area (Å²) < 4.78 is 18.2. The number of thioether (sulfide) groups is 1. The molecule has 17 heavy (non-hydrogen) atoms. The van der Waals surface area contributed by atoms with E-state index in [1.165, 1.54) is 23.9 Å². The quantitative estimate of drug-likeness (QED) is 0.778. The first-order valence-electron chi connectivity index (χ1n) is 5.72. The molecule has 94 valence electrons. The minimum atomic E-state index is -0.586. The van der Waals surface area contributed by atoms with Gasteiger partial charge in [-0.3, -0.25) is 4.79 Å². The topological polar surface area (TPSA) is 26.3 Å². The van der Waals surface area contributed by atoms with E-state index < -0.39 is 6.10 Å². The summed E-state index contributed by atoms with van der Waals surface area (Å²) in [5.41, 5.74) is 0.710. The summed E-state index contributed by atoms with van der Waals surface area (Å²) in [6.07, 6.45) is 0.357. The molecule has 0 aliphatic heterocycles. The van der Waals surface area contributed by atoms with Gasteiger partial charge in [0, 0.05) is 12.4 Å². The van der Waals surface area contributed by atoms with Crippen molar-refractivity contribution >= 4 is 16.9 Å². The Labute approximate surface area is 106 Å². The van der Waals surface area contributed by atoms with Crippen molar-refractivity contribution in [2.45, 2.75) is 26.4 Å². The molecule has 0 amide bonds. The summed E-state index contributed by atoms with van der Waals surface area (Å²) >= 11 is 1.27. The van der Waals surface area contributed by atoms with Gasteiger partial charge in [-0.05, 0) is 31.0 Å². The highest BCUT2D eigenvalue weighted by atomic mass is 32.2. The van der Waals surface area contributed by atoms with Crippen LogP contribution in [-0.4, -0.2) is 17.5 Å². The molecular formula is C13H17FO2S. The molecule has 0 saturated carbocycles. The third kappa shape index (κ3) is 4.48. The zero-order chi connectivity index (χ0) is 12.7. The highest BCUT2D eigenvalue weighted by molar-refractivity contribution is 8.13. The van der Waals surface area contributed by atoms with Gasteiger partial charge in [-0.1, -0.05) is 30.8 Å². The van der Waals surface area contributed by atoms with Crippen molar-refractivity contribution in [2.24, 2.45) is 0 Å². The zero-order valence-corrected chi connectivity index (χ0v) is 10.9. The Morgan fingerprint density at radius 2 is 2.00 bits per heavy atom. The molecule has 0 radical (unpaired) electrons. The smallest absolute Gasteiger partial charge is 0.222 e. The fraction of sp³-hybridized carbons (Fsp3) is 0.462. The van der Waals surface area contributed by atoms with Crippen LogP contribution in [0.5, 0.6) is 0 Å². The van der Waals surface area contributed by atoms with Crippen molar-refractivity contribution in [3.05, 3.63) is 35.6 Å². The van der Waals surface area contributed by atoms with E-state index >= 15 is 0 Å². The number of benzene rings is 1. The Morgan fingerprint density at radius 1 is 1.35 bits per heavy atom. The van der Waals surface area contributed by atoms with Crippen molar-refractivity contribution in [1.29, 1.82) is 0 Å². The van der Waals surface area contributed by atoms with E-state index in [0.717, 1.165) is 12.2 Å². The van der Waals surface area contributed by atoms with E-state index in [-0.39, 0.29) is 10.9 Å². The first kappa shape index (κ1) is 14.2. The molecule has 0 saturated heterocycles. The molecule has 0 spiro atoms. The summed E-state index contributed by atoms with van der Waals surface area (Å²) in [5, 5.41) is -0.0136.